The monoisotopic (exact) mass is 499 g/mol. The normalized spacial score (nSPS) is 13.4. The molecule has 10 nitrogen and oxygen atoms in total. The summed E-state index contributed by atoms with van der Waals surface area (Å²) in [5.41, 5.74) is 2.57. The van der Waals surface area contributed by atoms with Crippen molar-refractivity contribution in [2.75, 3.05) is 36.8 Å². The zero-order chi connectivity index (χ0) is 25.6. The summed E-state index contributed by atoms with van der Waals surface area (Å²) in [5, 5.41) is 13.7. The quantitative estimate of drug-likeness (QED) is 0.334. The molecular weight excluding hydrogens is 470 g/mol. The number of amides is 3. The van der Waals surface area contributed by atoms with Gasteiger partial charge in [-0.1, -0.05) is 0 Å². The molecule has 3 N–H and O–H groups in total. The smallest absolute Gasteiger partial charge is 0.323 e. The van der Waals surface area contributed by atoms with Crippen molar-refractivity contribution >= 4 is 34.2 Å². The molecule has 4 aromatic rings. The minimum Gasteiger partial charge on any atom is -0.457 e. The molecule has 0 spiro atoms. The second-order valence-electron chi connectivity index (χ2n) is 8.93. The number of anilines is 2. The van der Waals surface area contributed by atoms with Crippen LogP contribution in [0.2, 0.25) is 0 Å². The van der Waals surface area contributed by atoms with Crippen LogP contribution in [-0.4, -0.2) is 57.8 Å². The Bertz CT molecular complexity index is 1390. The van der Waals surface area contributed by atoms with Crippen LogP contribution in [0, 0.1) is 0 Å². The third-order valence-electron chi connectivity index (χ3n) is 6.23. The molecule has 1 saturated heterocycles. The zero-order valence-corrected chi connectivity index (χ0v) is 20.6. The third kappa shape index (κ3) is 6.22. The molecule has 1 aliphatic heterocycles. The average Bonchev–Trinajstić information content (AvgIpc) is 3.55. The van der Waals surface area contributed by atoms with Crippen molar-refractivity contribution in [3.8, 4) is 11.5 Å². The van der Waals surface area contributed by atoms with Crippen LogP contribution in [0.25, 0.3) is 10.9 Å². The fourth-order valence-corrected chi connectivity index (χ4v) is 4.30. The van der Waals surface area contributed by atoms with E-state index >= 15 is 0 Å². The molecule has 2 aromatic heterocycles. The Labute approximate surface area is 214 Å². The SMILES string of the molecule is Cn1ncc2cc(NC(=O)Nc3ccc(Oc4ccnc(C(=O)NCCN5CCCC5)c4)cc3)ccc21. The summed E-state index contributed by atoms with van der Waals surface area (Å²) in [6.45, 7) is 3.63. The third-order valence-corrected chi connectivity index (χ3v) is 6.23. The van der Waals surface area contributed by atoms with Crippen molar-refractivity contribution in [1.82, 2.24) is 25.0 Å². The lowest BCUT2D eigenvalue weighted by atomic mass is 10.2. The molecule has 0 aliphatic carbocycles. The van der Waals surface area contributed by atoms with Gasteiger partial charge in [-0.3, -0.25) is 14.5 Å². The summed E-state index contributed by atoms with van der Waals surface area (Å²) in [4.78, 5) is 31.4. The van der Waals surface area contributed by atoms with Gasteiger partial charge in [0.1, 0.15) is 17.2 Å². The van der Waals surface area contributed by atoms with E-state index in [-0.39, 0.29) is 11.9 Å². The zero-order valence-electron chi connectivity index (χ0n) is 20.6. The molecule has 37 heavy (non-hydrogen) atoms. The summed E-state index contributed by atoms with van der Waals surface area (Å²) < 4.78 is 7.67. The lowest BCUT2D eigenvalue weighted by Crippen LogP contribution is -2.33. The molecule has 0 bridgehead atoms. The summed E-state index contributed by atoms with van der Waals surface area (Å²) >= 11 is 0. The summed E-state index contributed by atoms with van der Waals surface area (Å²) in [5.74, 6) is 0.849. The Morgan fingerprint density at radius 3 is 2.51 bits per heavy atom. The number of nitrogens with zero attached hydrogens (tertiary/aromatic N) is 4. The van der Waals surface area contributed by atoms with E-state index in [0.29, 0.717) is 35.1 Å². The average molecular weight is 500 g/mol. The van der Waals surface area contributed by atoms with Crippen molar-refractivity contribution < 1.29 is 14.3 Å². The van der Waals surface area contributed by atoms with Gasteiger partial charge in [-0.15, -0.1) is 0 Å². The van der Waals surface area contributed by atoms with Crippen LogP contribution < -0.4 is 20.7 Å². The Balaban J connectivity index is 1.12. The van der Waals surface area contributed by atoms with E-state index in [4.69, 9.17) is 4.74 Å². The minimum absolute atomic E-state index is 0.224. The Hall–Kier alpha value is -4.44. The van der Waals surface area contributed by atoms with E-state index in [1.165, 1.54) is 12.8 Å². The number of hydrogen-bond donors (Lipinski definition) is 3. The number of urea groups is 1. The number of pyridine rings is 1. The lowest BCUT2D eigenvalue weighted by Gasteiger charge is -2.14. The second kappa shape index (κ2) is 11.1. The van der Waals surface area contributed by atoms with Crippen molar-refractivity contribution in [1.29, 1.82) is 0 Å². The maximum Gasteiger partial charge on any atom is 0.323 e. The number of carbonyl (C=O) groups is 2. The first-order chi connectivity index (χ1) is 18.0. The first-order valence-electron chi connectivity index (χ1n) is 12.3. The van der Waals surface area contributed by atoms with Crippen LogP contribution in [-0.2, 0) is 7.05 Å². The van der Waals surface area contributed by atoms with Gasteiger partial charge in [0.25, 0.3) is 5.91 Å². The van der Waals surface area contributed by atoms with Gasteiger partial charge in [-0.25, -0.2) is 4.79 Å². The molecule has 10 heteroatoms. The van der Waals surface area contributed by atoms with Gasteiger partial charge in [-0.05, 0) is 74.5 Å². The Morgan fingerprint density at radius 1 is 0.946 bits per heavy atom. The molecule has 0 saturated carbocycles. The molecule has 3 heterocycles. The minimum atomic E-state index is -0.355. The highest BCUT2D eigenvalue weighted by atomic mass is 16.5. The largest absolute Gasteiger partial charge is 0.457 e. The fourth-order valence-electron chi connectivity index (χ4n) is 4.30. The van der Waals surface area contributed by atoms with Crippen molar-refractivity contribution in [3.63, 3.8) is 0 Å². The first-order valence-corrected chi connectivity index (χ1v) is 12.3. The number of fused-ring (bicyclic) bond motifs is 1. The Morgan fingerprint density at radius 2 is 1.70 bits per heavy atom. The van der Waals surface area contributed by atoms with Crippen LogP contribution in [0.15, 0.2) is 67.0 Å². The van der Waals surface area contributed by atoms with Gasteiger partial charge < -0.3 is 25.6 Å². The molecular formula is C27H29N7O3. The predicted molar refractivity (Wildman–Crippen MR) is 142 cm³/mol. The van der Waals surface area contributed by atoms with E-state index in [0.717, 1.165) is 30.5 Å². The summed E-state index contributed by atoms with van der Waals surface area (Å²) in [6.07, 6.45) is 5.75. The highest BCUT2D eigenvalue weighted by molar-refractivity contribution is 6.01. The number of aryl methyl sites for hydroxylation is 1. The maximum absolute atomic E-state index is 12.5. The van der Waals surface area contributed by atoms with Gasteiger partial charge >= 0.3 is 6.03 Å². The van der Waals surface area contributed by atoms with E-state index < -0.39 is 0 Å². The molecule has 5 rings (SSSR count). The topological polar surface area (TPSA) is 113 Å². The highest BCUT2D eigenvalue weighted by Gasteiger charge is 2.13. The van der Waals surface area contributed by atoms with Crippen LogP contribution in [0.5, 0.6) is 11.5 Å². The summed E-state index contributed by atoms with van der Waals surface area (Å²) in [7, 11) is 1.87. The van der Waals surface area contributed by atoms with E-state index in [9.17, 15) is 9.59 Å². The first kappa shape index (κ1) is 24.3. The predicted octanol–water partition coefficient (Wildman–Crippen LogP) is 4.23. The second-order valence-corrected chi connectivity index (χ2v) is 8.93. The molecule has 0 radical (unpaired) electrons. The molecule has 1 aliphatic rings. The van der Waals surface area contributed by atoms with Crippen molar-refractivity contribution in [2.24, 2.45) is 7.05 Å². The van der Waals surface area contributed by atoms with Crippen molar-refractivity contribution in [2.45, 2.75) is 12.8 Å². The van der Waals surface area contributed by atoms with Crippen LogP contribution >= 0.6 is 0 Å². The number of rotatable bonds is 8. The number of nitrogens with one attached hydrogen (secondary N) is 3. The van der Waals surface area contributed by atoms with Gasteiger partial charge in [0.15, 0.2) is 0 Å². The molecule has 0 unspecified atom stereocenters. The van der Waals surface area contributed by atoms with E-state index in [1.54, 1.807) is 53.5 Å². The van der Waals surface area contributed by atoms with Crippen molar-refractivity contribution in [3.05, 3.63) is 72.7 Å². The van der Waals surface area contributed by atoms with Crippen LogP contribution in [0.3, 0.4) is 0 Å². The Kier molecular flexibility index (Phi) is 7.27. The molecule has 3 amide bonds. The number of ether oxygens (including phenoxy) is 1. The number of benzene rings is 2. The van der Waals surface area contributed by atoms with E-state index in [2.05, 4.69) is 30.9 Å². The number of aromatic nitrogens is 3. The van der Waals surface area contributed by atoms with Crippen LogP contribution in [0.4, 0.5) is 16.2 Å². The highest BCUT2D eigenvalue weighted by Crippen LogP contribution is 2.24. The van der Waals surface area contributed by atoms with Gasteiger partial charge in [0, 0.05) is 49.2 Å². The van der Waals surface area contributed by atoms with Crippen LogP contribution in [0.1, 0.15) is 23.3 Å². The maximum atomic E-state index is 12.5. The molecule has 190 valence electrons. The van der Waals surface area contributed by atoms with Gasteiger partial charge in [0.2, 0.25) is 0 Å². The number of likely N-dealkylation sites (tertiary alicyclic amines) is 1. The molecule has 0 atom stereocenters. The van der Waals surface area contributed by atoms with E-state index in [1.807, 2.05) is 25.2 Å². The molecule has 2 aromatic carbocycles. The van der Waals surface area contributed by atoms with Gasteiger partial charge in [0.05, 0.1) is 11.7 Å². The number of hydrogen-bond acceptors (Lipinski definition) is 6. The summed E-state index contributed by atoms with van der Waals surface area (Å²) in [6, 6.07) is 15.5. The lowest BCUT2D eigenvalue weighted by molar-refractivity contribution is 0.0944. The molecule has 1 fully saturated rings. The van der Waals surface area contributed by atoms with Gasteiger partial charge in [-0.2, -0.15) is 5.10 Å². The standard InChI is InChI=1S/C27H29N7O3/c1-33-25-9-6-21(16-19(25)18-30-33)32-27(36)31-20-4-7-22(8-5-20)37-23-10-11-28-24(17-23)26(35)29-12-15-34-13-2-3-14-34/h4-11,16-18H,2-3,12-15H2,1H3,(H,29,35)(H2,31,32,36). The number of carbonyl (C=O) groups excluding carboxylic acids is 2. The fraction of sp³-hybridized carbons (Fsp3) is 0.259.